The quantitative estimate of drug-likeness (QED) is 0.0375. The summed E-state index contributed by atoms with van der Waals surface area (Å²) in [5.41, 5.74) is 18.9. The van der Waals surface area contributed by atoms with E-state index in [0.717, 1.165) is 58.2 Å². The predicted octanol–water partition coefficient (Wildman–Crippen LogP) is 2.78. The number of nitrogens with two attached hydrogens (primary N) is 3. The van der Waals surface area contributed by atoms with Crippen LogP contribution in [0.2, 0.25) is 0 Å². The summed E-state index contributed by atoms with van der Waals surface area (Å²) in [6.07, 6.45) is 7.63. The highest BCUT2D eigenvalue weighted by atomic mass is 32.1. The standard InChI is InChI=1S/C55H74N10O8S/c1-35(66)59-41(23-13-14-27-56)50(68)62-44(31-37-18-7-3-8-19-37)51(69)60-42(24-15-28-57)55(73)65-29-26-47(65)54(72)64-45(32-38-20-9-4-10-21-38)52(70)63-46(34-40-33-39-22-11-12-25-48(39)74-40)53(71)61-43(49(58)67)30-36-16-5-2-6-17-36/h2-3,5-8,11-12,16-19,22,25,33,38,41-47H,4,9-10,13-15,20-21,23-24,26-32,34,56-57H2,1H3,(H2,58,67)(H,59,66)(H,60,69)(H,61,71)(H,62,68)(H,63,70)(H,64,72)/t41-,42-,43-,44-,45+,46-,47-/m0/s1. The van der Waals surface area contributed by atoms with Gasteiger partial charge >= 0.3 is 0 Å². The summed E-state index contributed by atoms with van der Waals surface area (Å²) in [7, 11) is 0. The molecule has 8 amide bonds. The summed E-state index contributed by atoms with van der Waals surface area (Å²) < 4.78 is 0.999. The van der Waals surface area contributed by atoms with Crippen LogP contribution in [0.15, 0.2) is 91.0 Å². The fourth-order valence-electron chi connectivity index (χ4n) is 9.73. The van der Waals surface area contributed by atoms with Crippen molar-refractivity contribution in [2.75, 3.05) is 19.6 Å². The van der Waals surface area contributed by atoms with E-state index >= 15 is 0 Å². The molecule has 1 saturated carbocycles. The van der Waals surface area contributed by atoms with Crippen molar-refractivity contribution < 1.29 is 38.4 Å². The first-order chi connectivity index (χ1) is 35.7. The molecule has 2 heterocycles. The Kier molecular flexibility index (Phi) is 21.9. The number of thiophene rings is 1. The van der Waals surface area contributed by atoms with Crippen molar-refractivity contribution in [1.29, 1.82) is 0 Å². The lowest BCUT2D eigenvalue weighted by Crippen LogP contribution is -2.65. The SMILES string of the molecule is CC(=O)N[C@@H](CCCCN)C(=O)N[C@@H](Cc1ccccc1)C(=O)N[C@@H](CCCN)C(=O)N1CC[C@H]1C(=O)N[C@H](CC1CCCCC1)C(=O)N[C@@H](Cc1cc2ccccc2s1)C(=O)N[C@@H](Cc1ccccc1)C(N)=O. The Balaban J connectivity index is 1.19. The lowest BCUT2D eigenvalue weighted by molar-refractivity contribution is -0.151. The number of rotatable bonds is 28. The maximum Gasteiger partial charge on any atom is 0.245 e. The van der Waals surface area contributed by atoms with Crippen LogP contribution in [0.1, 0.15) is 100.0 Å². The van der Waals surface area contributed by atoms with Crippen LogP contribution in [0.5, 0.6) is 0 Å². The smallest absolute Gasteiger partial charge is 0.245 e. The molecule has 12 N–H and O–H groups in total. The Morgan fingerprint density at radius 2 is 1.12 bits per heavy atom. The second-order valence-corrected chi connectivity index (χ2v) is 20.8. The molecule has 1 aromatic heterocycles. The van der Waals surface area contributed by atoms with E-state index in [1.54, 1.807) is 0 Å². The number of nitrogens with zero attached hydrogens (tertiary/aromatic N) is 1. The van der Waals surface area contributed by atoms with Gasteiger partial charge in [0.1, 0.15) is 42.3 Å². The molecule has 0 bridgehead atoms. The van der Waals surface area contributed by atoms with E-state index in [9.17, 15) is 38.4 Å². The number of likely N-dealkylation sites (tertiary alicyclic amines) is 1. The average molecular weight is 1040 g/mol. The molecule has 0 unspecified atom stereocenters. The zero-order valence-corrected chi connectivity index (χ0v) is 43.2. The molecule has 2 fully saturated rings. The summed E-state index contributed by atoms with van der Waals surface area (Å²) in [4.78, 5) is 113. The van der Waals surface area contributed by atoms with Gasteiger partial charge in [0.05, 0.1) is 0 Å². The van der Waals surface area contributed by atoms with Crippen molar-refractivity contribution in [3.8, 4) is 0 Å². The number of hydrogen-bond acceptors (Lipinski definition) is 11. The zero-order chi connectivity index (χ0) is 53.0. The molecule has 2 aliphatic rings. The lowest BCUT2D eigenvalue weighted by atomic mass is 9.84. The van der Waals surface area contributed by atoms with Crippen LogP contribution < -0.4 is 49.1 Å². The zero-order valence-electron chi connectivity index (χ0n) is 42.4. The minimum atomic E-state index is -1.16. The Hall–Kier alpha value is -6.70. The third-order valence-corrected chi connectivity index (χ3v) is 15.0. The topological polar surface area (TPSA) is 290 Å². The third-order valence-electron chi connectivity index (χ3n) is 13.9. The van der Waals surface area contributed by atoms with Crippen LogP contribution in [0.3, 0.4) is 0 Å². The van der Waals surface area contributed by atoms with Crippen molar-refractivity contribution in [2.24, 2.45) is 23.1 Å². The van der Waals surface area contributed by atoms with E-state index in [4.69, 9.17) is 17.2 Å². The molecule has 18 nitrogen and oxygen atoms in total. The maximum absolute atomic E-state index is 14.7. The lowest BCUT2D eigenvalue weighted by Gasteiger charge is -2.42. The van der Waals surface area contributed by atoms with E-state index in [1.165, 1.54) is 23.2 Å². The summed E-state index contributed by atoms with van der Waals surface area (Å²) >= 11 is 1.48. The molecule has 74 heavy (non-hydrogen) atoms. The molecular formula is C55H74N10O8S. The van der Waals surface area contributed by atoms with Crippen LogP contribution in [-0.4, -0.2) is 114 Å². The Bertz CT molecular complexity index is 2490. The molecule has 4 aromatic rings. The fourth-order valence-corrected chi connectivity index (χ4v) is 10.8. The molecule has 3 aromatic carbocycles. The molecule has 1 aliphatic carbocycles. The molecule has 1 aliphatic heterocycles. The molecular weight excluding hydrogens is 961 g/mol. The van der Waals surface area contributed by atoms with Crippen molar-refractivity contribution in [3.05, 3.63) is 107 Å². The first kappa shape index (κ1) is 56.6. The van der Waals surface area contributed by atoms with E-state index in [1.807, 2.05) is 91.0 Å². The number of unbranched alkanes of at least 4 members (excludes halogenated alkanes) is 1. The van der Waals surface area contributed by atoms with Gasteiger partial charge in [-0.05, 0) is 92.6 Å². The highest BCUT2D eigenvalue weighted by Gasteiger charge is 2.43. The van der Waals surface area contributed by atoms with E-state index in [0.29, 0.717) is 45.1 Å². The number of carbonyl (C=O) groups excluding carboxylic acids is 8. The van der Waals surface area contributed by atoms with E-state index in [2.05, 4.69) is 31.9 Å². The number of benzene rings is 3. The van der Waals surface area contributed by atoms with Crippen LogP contribution in [0, 0.1) is 5.92 Å². The second kappa shape index (κ2) is 28.7. The summed E-state index contributed by atoms with van der Waals surface area (Å²) in [6, 6.07) is 20.5. The summed E-state index contributed by atoms with van der Waals surface area (Å²) in [5.74, 6) is -4.50. The van der Waals surface area contributed by atoms with Crippen molar-refractivity contribution in [2.45, 2.75) is 146 Å². The number of carbonyl (C=O) groups is 8. The maximum atomic E-state index is 14.7. The largest absolute Gasteiger partial charge is 0.368 e. The minimum Gasteiger partial charge on any atom is -0.368 e. The van der Waals surface area contributed by atoms with Crippen LogP contribution >= 0.6 is 11.3 Å². The summed E-state index contributed by atoms with van der Waals surface area (Å²) in [5, 5.41) is 18.0. The van der Waals surface area contributed by atoms with Gasteiger partial charge in [0.25, 0.3) is 0 Å². The number of amides is 8. The van der Waals surface area contributed by atoms with Crippen LogP contribution in [0.25, 0.3) is 10.1 Å². The van der Waals surface area contributed by atoms with E-state index < -0.39 is 89.6 Å². The Morgan fingerprint density at radius 1 is 0.581 bits per heavy atom. The first-order valence-corrected chi connectivity index (χ1v) is 26.9. The van der Waals surface area contributed by atoms with Gasteiger partial charge in [0.2, 0.25) is 47.3 Å². The summed E-state index contributed by atoms with van der Waals surface area (Å²) in [6.45, 7) is 2.14. The second-order valence-electron chi connectivity index (χ2n) is 19.6. The minimum absolute atomic E-state index is 0.0804. The molecule has 0 spiro atoms. The van der Waals surface area contributed by atoms with Crippen LogP contribution in [-0.2, 0) is 57.6 Å². The van der Waals surface area contributed by atoms with Gasteiger partial charge in [0, 0.05) is 42.3 Å². The third kappa shape index (κ3) is 16.9. The van der Waals surface area contributed by atoms with Crippen LogP contribution in [0.4, 0.5) is 0 Å². The molecule has 7 atom stereocenters. The van der Waals surface area contributed by atoms with Gasteiger partial charge in [-0.25, -0.2) is 0 Å². The fraction of sp³-hybridized carbons (Fsp3) is 0.491. The Labute approximate surface area is 437 Å². The van der Waals surface area contributed by atoms with Crippen molar-refractivity contribution >= 4 is 68.7 Å². The average Bonchev–Trinajstić information content (AvgIpc) is 3.79. The highest BCUT2D eigenvalue weighted by Crippen LogP contribution is 2.29. The van der Waals surface area contributed by atoms with Gasteiger partial charge in [-0.3, -0.25) is 38.4 Å². The number of fused-ring (bicyclic) bond motifs is 1. The van der Waals surface area contributed by atoms with E-state index in [-0.39, 0.29) is 44.7 Å². The van der Waals surface area contributed by atoms with Gasteiger partial charge in [-0.15, -0.1) is 11.3 Å². The predicted molar refractivity (Wildman–Crippen MR) is 285 cm³/mol. The Morgan fingerprint density at radius 3 is 1.70 bits per heavy atom. The molecule has 0 radical (unpaired) electrons. The molecule has 6 rings (SSSR count). The van der Waals surface area contributed by atoms with Crippen molar-refractivity contribution in [3.63, 3.8) is 0 Å². The number of nitrogens with one attached hydrogen (secondary N) is 6. The highest BCUT2D eigenvalue weighted by molar-refractivity contribution is 7.19. The van der Waals surface area contributed by atoms with Gasteiger partial charge in [0.15, 0.2) is 0 Å². The van der Waals surface area contributed by atoms with Gasteiger partial charge in [-0.1, -0.05) is 111 Å². The first-order valence-electron chi connectivity index (χ1n) is 26.1. The van der Waals surface area contributed by atoms with Gasteiger partial charge < -0.3 is 54.0 Å². The number of primary amides is 1. The van der Waals surface area contributed by atoms with Crippen molar-refractivity contribution in [1.82, 2.24) is 36.8 Å². The molecule has 1 saturated heterocycles. The normalized spacial score (nSPS) is 17.0. The molecule has 19 heteroatoms. The number of hydrogen-bond donors (Lipinski definition) is 9. The molecule has 398 valence electrons. The van der Waals surface area contributed by atoms with Gasteiger partial charge in [-0.2, -0.15) is 0 Å². The monoisotopic (exact) mass is 1030 g/mol.